The second-order valence-corrected chi connectivity index (χ2v) is 19.1. The molecule has 7 rings (SSSR count). The molecule has 3 aromatic carbocycles. The fraction of sp³-hybridized carbons (Fsp3) is 0.415. The number of rotatable bonds is 25. The molecule has 2 aliphatic rings. The maximum Gasteiger partial charge on any atom is 0.333 e. The van der Waals surface area contributed by atoms with E-state index in [2.05, 4.69) is 9.97 Å². The van der Waals surface area contributed by atoms with Gasteiger partial charge in [0.1, 0.15) is 54.4 Å². The number of ether oxygens (including phenoxy) is 9. The first-order chi connectivity index (χ1) is 37.9. The average Bonchev–Trinajstić information content (AvgIpc) is 4.05. The SMILES string of the molecule is COc1ccc(C(OC[C@H]2O[C@@H](n3ccc(=O)[nH]c3=O)[C@H](CC(COC(C)=O)OC(C)=O)[C@@H]2OP(OCCC#N)OC[C@H]2O[C@@H](n3ccc(=O)[nH]c3=O)[C@H](OC(C)=O)[C@@H]2OC(C)=O)(c2ccccc2)c2ccc(OC)cc2)cc1. The molecule has 2 unspecified atom stereocenters. The Morgan fingerprint density at radius 1 is 0.658 bits per heavy atom. The van der Waals surface area contributed by atoms with E-state index >= 15 is 0 Å². The van der Waals surface area contributed by atoms with Crippen LogP contribution in [0.15, 0.2) is 123 Å². The monoisotopic (exact) mass is 1120 g/mol. The Morgan fingerprint density at radius 3 is 1.71 bits per heavy atom. The number of nitrogens with zero attached hydrogens (tertiary/aromatic N) is 3. The van der Waals surface area contributed by atoms with Crippen LogP contribution >= 0.6 is 8.60 Å². The lowest BCUT2D eigenvalue weighted by atomic mass is 9.80. The van der Waals surface area contributed by atoms with E-state index in [1.165, 1.54) is 20.4 Å². The first kappa shape index (κ1) is 58.9. The summed E-state index contributed by atoms with van der Waals surface area (Å²) < 4.78 is 75.1. The lowest BCUT2D eigenvalue weighted by Crippen LogP contribution is -2.42. The number of hydrogen-bond donors (Lipinski definition) is 2. The number of carbonyl (C=O) groups excluding carboxylic acids is 4. The van der Waals surface area contributed by atoms with Crippen LogP contribution in [0.25, 0.3) is 0 Å². The summed E-state index contributed by atoms with van der Waals surface area (Å²) in [5.74, 6) is -3.15. The second-order valence-electron chi connectivity index (χ2n) is 17.9. The van der Waals surface area contributed by atoms with Crippen LogP contribution in [0.1, 0.15) is 69.7 Å². The summed E-state index contributed by atoms with van der Waals surface area (Å²) in [6, 6.07) is 27.8. The van der Waals surface area contributed by atoms with Gasteiger partial charge in [-0.05, 0) is 47.4 Å². The van der Waals surface area contributed by atoms with Crippen LogP contribution < -0.4 is 32.0 Å². The van der Waals surface area contributed by atoms with Crippen molar-refractivity contribution in [3.05, 3.63) is 162 Å². The van der Waals surface area contributed by atoms with Crippen molar-refractivity contribution in [1.29, 1.82) is 5.26 Å². The maximum atomic E-state index is 13.8. The van der Waals surface area contributed by atoms with Gasteiger partial charge in [0, 0.05) is 58.1 Å². The molecular formula is C53H58N5O20P. The first-order valence-electron chi connectivity index (χ1n) is 24.6. The predicted molar refractivity (Wildman–Crippen MR) is 274 cm³/mol. The van der Waals surface area contributed by atoms with E-state index in [0.717, 1.165) is 55.2 Å². The van der Waals surface area contributed by atoms with Crippen molar-refractivity contribution in [2.75, 3.05) is 40.6 Å². The Morgan fingerprint density at radius 2 is 1.19 bits per heavy atom. The van der Waals surface area contributed by atoms with E-state index in [4.69, 9.17) is 56.2 Å². The van der Waals surface area contributed by atoms with Crippen LogP contribution in [0.4, 0.5) is 0 Å². The molecule has 25 nitrogen and oxygen atoms in total. The molecule has 2 saturated heterocycles. The Labute approximate surface area is 452 Å². The molecule has 2 fully saturated rings. The number of benzene rings is 3. The summed E-state index contributed by atoms with van der Waals surface area (Å²) in [4.78, 5) is 106. The topological polar surface area (TPSA) is 313 Å². The van der Waals surface area contributed by atoms with Crippen LogP contribution in [-0.2, 0) is 71.5 Å². The van der Waals surface area contributed by atoms with Gasteiger partial charge in [0.15, 0.2) is 18.4 Å². The van der Waals surface area contributed by atoms with Gasteiger partial charge >= 0.3 is 43.9 Å². The molecule has 4 heterocycles. The normalized spacial score (nSPS) is 21.5. The molecule has 2 aromatic heterocycles. The van der Waals surface area contributed by atoms with Gasteiger partial charge in [-0.2, -0.15) is 5.26 Å². The zero-order valence-electron chi connectivity index (χ0n) is 43.7. The van der Waals surface area contributed by atoms with Crippen LogP contribution in [0.5, 0.6) is 11.5 Å². The van der Waals surface area contributed by atoms with Crippen molar-refractivity contribution in [2.45, 2.75) is 95.2 Å². The fourth-order valence-corrected chi connectivity index (χ4v) is 10.4. The van der Waals surface area contributed by atoms with Gasteiger partial charge in [0.05, 0.1) is 46.5 Å². The molecule has 0 bridgehead atoms. The fourth-order valence-electron chi connectivity index (χ4n) is 9.25. The molecule has 5 aromatic rings. The number of carbonyl (C=O) groups is 4. The molecule has 0 saturated carbocycles. The smallest absolute Gasteiger partial charge is 0.333 e. The molecular weight excluding hydrogens is 1060 g/mol. The Bertz CT molecular complexity index is 3130. The van der Waals surface area contributed by atoms with E-state index in [-0.39, 0.29) is 26.1 Å². The first-order valence-corrected chi connectivity index (χ1v) is 25.7. The summed E-state index contributed by atoms with van der Waals surface area (Å²) in [6.45, 7) is 2.78. The quantitative estimate of drug-likeness (QED) is 0.0276. The Kier molecular flexibility index (Phi) is 20.2. The number of aromatic amines is 2. The third-order valence-corrected chi connectivity index (χ3v) is 13.7. The standard InChI is InChI=1S/C53H58N5O20P/c1-31(59)69-28-40(73-32(2)60)27-41-46(78-79(71-26-10-23-54)72-30-43-47(74-33(3)61)48(75-34(4)62)50(77-43)58-25-22-45(64)56-52(58)66)42(76-49(41)57-24-21-44(63)55-51(57)65)29-70-53(35-11-8-7-9-12-35,36-13-17-38(67-5)18-14-36)37-15-19-39(68-6)20-16-37/h7-9,11-22,24-25,40-43,46-50H,10,26-30H2,1-6H3,(H,55,63,65)(H,56,64,66)/t40?,41-,42-,43-,46+,47-,48-,49-,50-,79?/m1/s1. The van der Waals surface area contributed by atoms with E-state index in [1.807, 2.05) is 60.7 Å². The summed E-state index contributed by atoms with van der Waals surface area (Å²) in [5, 5.41) is 9.65. The summed E-state index contributed by atoms with van der Waals surface area (Å²) in [5.41, 5.74) is -2.88. The number of nitrogens with one attached hydrogen (secondary N) is 2. The van der Waals surface area contributed by atoms with Crippen molar-refractivity contribution in [3.63, 3.8) is 0 Å². The summed E-state index contributed by atoms with van der Waals surface area (Å²) in [6.07, 6.45) is -9.11. The predicted octanol–water partition coefficient (Wildman–Crippen LogP) is 3.83. The number of nitriles is 1. The number of hydrogen-bond acceptors (Lipinski definition) is 21. The largest absolute Gasteiger partial charge is 0.497 e. The number of H-pyrrole nitrogens is 2. The zero-order valence-corrected chi connectivity index (χ0v) is 44.6. The summed E-state index contributed by atoms with van der Waals surface area (Å²) in [7, 11) is 0.324. The van der Waals surface area contributed by atoms with E-state index in [1.54, 1.807) is 24.3 Å². The van der Waals surface area contributed by atoms with Crippen molar-refractivity contribution >= 4 is 32.5 Å². The van der Waals surface area contributed by atoms with Gasteiger partial charge in [-0.3, -0.25) is 47.9 Å². The molecule has 0 radical (unpaired) electrons. The third-order valence-electron chi connectivity index (χ3n) is 12.5. The van der Waals surface area contributed by atoms with Crippen LogP contribution in [-0.4, -0.2) is 120 Å². The molecule has 79 heavy (non-hydrogen) atoms. The van der Waals surface area contributed by atoms with Gasteiger partial charge in [-0.1, -0.05) is 54.6 Å². The van der Waals surface area contributed by atoms with E-state index in [0.29, 0.717) is 28.2 Å². The number of methoxy groups -OCH3 is 2. The minimum atomic E-state index is -2.74. The van der Waals surface area contributed by atoms with Crippen molar-refractivity contribution in [1.82, 2.24) is 19.1 Å². The van der Waals surface area contributed by atoms with Crippen LogP contribution in [0.3, 0.4) is 0 Å². The molecule has 26 heteroatoms. The second kappa shape index (κ2) is 27.2. The highest BCUT2D eigenvalue weighted by molar-refractivity contribution is 7.41. The van der Waals surface area contributed by atoms with Crippen molar-refractivity contribution < 1.29 is 75.4 Å². The number of aromatic nitrogens is 4. The van der Waals surface area contributed by atoms with Gasteiger partial charge in [-0.15, -0.1) is 0 Å². The van der Waals surface area contributed by atoms with Gasteiger partial charge in [0.25, 0.3) is 11.1 Å². The average molecular weight is 1120 g/mol. The Hall–Kier alpha value is -7.82. The maximum absolute atomic E-state index is 13.8. The van der Waals surface area contributed by atoms with Crippen LogP contribution in [0.2, 0.25) is 0 Å². The molecule has 2 aliphatic heterocycles. The molecule has 0 amide bonds. The van der Waals surface area contributed by atoms with Crippen LogP contribution in [0, 0.1) is 17.2 Å². The zero-order chi connectivity index (χ0) is 56.8. The Balaban J connectivity index is 1.36. The highest BCUT2D eigenvalue weighted by Gasteiger charge is 2.53. The van der Waals surface area contributed by atoms with Crippen molar-refractivity contribution in [2.24, 2.45) is 5.92 Å². The molecule has 0 spiro atoms. The summed E-state index contributed by atoms with van der Waals surface area (Å²) >= 11 is 0. The molecule has 2 N–H and O–H groups in total. The minimum absolute atomic E-state index is 0.181. The van der Waals surface area contributed by atoms with E-state index < -0.39 is 129 Å². The van der Waals surface area contributed by atoms with Gasteiger partial charge < -0.3 is 56.2 Å². The highest BCUT2D eigenvalue weighted by atomic mass is 31.2. The van der Waals surface area contributed by atoms with Crippen molar-refractivity contribution in [3.8, 4) is 17.6 Å². The number of esters is 4. The molecule has 420 valence electrons. The minimum Gasteiger partial charge on any atom is -0.497 e. The lowest BCUT2D eigenvalue weighted by molar-refractivity contribution is -0.165. The molecule has 0 aliphatic carbocycles. The van der Waals surface area contributed by atoms with E-state index in [9.17, 15) is 43.6 Å². The van der Waals surface area contributed by atoms with Gasteiger partial charge in [0.2, 0.25) is 0 Å². The molecule has 10 atom stereocenters. The third kappa shape index (κ3) is 14.7. The highest BCUT2D eigenvalue weighted by Crippen LogP contribution is 2.51. The van der Waals surface area contributed by atoms with Gasteiger partial charge in [-0.25, -0.2) is 9.59 Å². The lowest BCUT2D eigenvalue weighted by Gasteiger charge is -2.37.